The Hall–Kier alpha value is -1.89. The van der Waals surface area contributed by atoms with Crippen molar-refractivity contribution in [2.45, 2.75) is 19.9 Å². The lowest BCUT2D eigenvalue weighted by Gasteiger charge is -2.29. The number of carbonyl (C=O) groups is 1. The Morgan fingerprint density at radius 1 is 1.32 bits per heavy atom. The van der Waals surface area contributed by atoms with Gasteiger partial charge in [0.05, 0.1) is 13.2 Å². The molecule has 0 bridgehead atoms. The van der Waals surface area contributed by atoms with Gasteiger partial charge in [0.15, 0.2) is 0 Å². The predicted octanol–water partition coefficient (Wildman–Crippen LogP) is 2.75. The first-order valence-corrected chi connectivity index (χ1v) is 8.75. The van der Waals surface area contributed by atoms with Crippen LogP contribution in [-0.2, 0) is 4.74 Å². The monoisotopic (exact) mass is 363 g/mol. The van der Waals surface area contributed by atoms with Gasteiger partial charge < -0.3 is 14.6 Å². The molecule has 1 unspecified atom stereocenters. The van der Waals surface area contributed by atoms with Gasteiger partial charge in [0.2, 0.25) is 0 Å². The Morgan fingerprint density at radius 3 is 2.68 bits per heavy atom. The Labute approximate surface area is 152 Å². The highest BCUT2D eigenvalue weighted by Crippen LogP contribution is 2.26. The lowest BCUT2D eigenvalue weighted by Crippen LogP contribution is -2.46. The van der Waals surface area contributed by atoms with E-state index in [4.69, 9.17) is 20.9 Å². The summed E-state index contributed by atoms with van der Waals surface area (Å²) in [6.07, 6.45) is 0. The van der Waals surface area contributed by atoms with Gasteiger partial charge >= 0.3 is 0 Å². The molecule has 1 aliphatic heterocycles. The van der Waals surface area contributed by atoms with Gasteiger partial charge in [-0.05, 0) is 26.0 Å². The molecule has 1 aliphatic rings. The first-order chi connectivity index (χ1) is 12.0. The summed E-state index contributed by atoms with van der Waals surface area (Å²) in [5, 5.41) is 7.73. The van der Waals surface area contributed by atoms with Crippen LogP contribution in [0, 0.1) is 6.92 Å². The summed E-state index contributed by atoms with van der Waals surface area (Å²) < 4.78 is 10.6. The average Bonchev–Trinajstić information content (AvgIpc) is 2.98. The largest absolute Gasteiger partial charge is 0.379 e. The van der Waals surface area contributed by atoms with Crippen LogP contribution in [0.1, 0.15) is 23.0 Å². The van der Waals surface area contributed by atoms with Gasteiger partial charge in [-0.15, -0.1) is 0 Å². The van der Waals surface area contributed by atoms with E-state index in [0.29, 0.717) is 22.0 Å². The summed E-state index contributed by atoms with van der Waals surface area (Å²) in [4.78, 5) is 15.0. The highest BCUT2D eigenvalue weighted by atomic mass is 35.5. The molecule has 1 aromatic carbocycles. The molecule has 3 rings (SSSR count). The number of hydrogen-bond acceptors (Lipinski definition) is 5. The molecule has 0 aliphatic carbocycles. The Balaban J connectivity index is 1.71. The normalized spacial score (nSPS) is 16.6. The average molecular weight is 364 g/mol. The summed E-state index contributed by atoms with van der Waals surface area (Å²) in [6.45, 7) is 7.80. The van der Waals surface area contributed by atoms with Crippen LogP contribution in [0.25, 0.3) is 11.3 Å². The Kier molecular flexibility index (Phi) is 5.73. The van der Waals surface area contributed by atoms with Gasteiger partial charge in [-0.1, -0.05) is 28.9 Å². The number of aryl methyl sites for hydroxylation is 1. The molecule has 6 nitrogen and oxygen atoms in total. The van der Waals surface area contributed by atoms with Crippen LogP contribution in [-0.4, -0.2) is 54.9 Å². The number of nitrogens with one attached hydrogen (secondary N) is 1. The number of hydrogen-bond donors (Lipinski definition) is 1. The van der Waals surface area contributed by atoms with Crippen molar-refractivity contribution in [1.29, 1.82) is 0 Å². The van der Waals surface area contributed by atoms with Crippen molar-refractivity contribution in [3.05, 3.63) is 40.6 Å². The van der Waals surface area contributed by atoms with Crippen LogP contribution < -0.4 is 5.32 Å². The molecular formula is C18H22ClN3O3. The van der Waals surface area contributed by atoms with Crippen LogP contribution in [0.4, 0.5) is 0 Å². The number of ether oxygens (including phenoxy) is 1. The first-order valence-electron chi connectivity index (χ1n) is 8.38. The van der Waals surface area contributed by atoms with E-state index in [1.165, 1.54) is 0 Å². The molecule has 1 aromatic heterocycles. The molecule has 134 valence electrons. The quantitative estimate of drug-likeness (QED) is 0.884. The van der Waals surface area contributed by atoms with Gasteiger partial charge in [0, 0.05) is 36.3 Å². The summed E-state index contributed by atoms with van der Waals surface area (Å²) in [5.41, 5.74) is 1.80. The fraction of sp³-hybridized carbons (Fsp3) is 0.444. The SMILES string of the molecule is Cc1onc(-c2ccc(Cl)cc2)c1C(=O)NC(C)CN1CCOCC1. The molecule has 1 N–H and O–H groups in total. The summed E-state index contributed by atoms with van der Waals surface area (Å²) in [6, 6.07) is 7.20. The molecule has 0 radical (unpaired) electrons. The molecule has 25 heavy (non-hydrogen) atoms. The van der Waals surface area contributed by atoms with Crippen LogP contribution in [0.5, 0.6) is 0 Å². The van der Waals surface area contributed by atoms with Crippen molar-refractivity contribution in [2.75, 3.05) is 32.8 Å². The predicted molar refractivity (Wildman–Crippen MR) is 95.9 cm³/mol. The Morgan fingerprint density at radius 2 is 2.00 bits per heavy atom. The van der Waals surface area contributed by atoms with Crippen LogP contribution in [0.2, 0.25) is 5.02 Å². The number of morpholine rings is 1. The highest BCUT2D eigenvalue weighted by Gasteiger charge is 2.23. The fourth-order valence-corrected chi connectivity index (χ4v) is 3.08. The maximum atomic E-state index is 12.8. The van der Waals surface area contributed by atoms with Crippen molar-refractivity contribution < 1.29 is 14.1 Å². The maximum absolute atomic E-state index is 12.8. The highest BCUT2D eigenvalue weighted by molar-refractivity contribution is 6.30. The zero-order valence-electron chi connectivity index (χ0n) is 14.4. The third-order valence-corrected chi connectivity index (χ3v) is 4.47. The number of halogens is 1. The Bertz CT molecular complexity index is 724. The van der Waals surface area contributed by atoms with Crippen molar-refractivity contribution in [1.82, 2.24) is 15.4 Å². The number of aromatic nitrogens is 1. The second-order valence-electron chi connectivity index (χ2n) is 6.26. The lowest BCUT2D eigenvalue weighted by atomic mass is 10.1. The summed E-state index contributed by atoms with van der Waals surface area (Å²) in [5.74, 6) is 0.325. The van der Waals surface area contributed by atoms with E-state index in [-0.39, 0.29) is 11.9 Å². The molecule has 1 amide bonds. The smallest absolute Gasteiger partial charge is 0.257 e. The topological polar surface area (TPSA) is 67.6 Å². The molecule has 2 aromatic rings. The molecule has 1 atom stereocenters. The van der Waals surface area contributed by atoms with Gasteiger partial charge in [-0.25, -0.2) is 0 Å². The number of rotatable bonds is 5. The standard InChI is InChI=1S/C18H22ClN3O3/c1-12(11-22-7-9-24-10-8-22)20-18(23)16-13(2)25-21-17(16)14-3-5-15(19)6-4-14/h3-6,12H,7-11H2,1-2H3,(H,20,23). The van der Waals surface area contributed by atoms with Gasteiger partial charge in [-0.3, -0.25) is 9.69 Å². The van der Waals surface area contributed by atoms with Crippen LogP contribution in [0.15, 0.2) is 28.8 Å². The van der Waals surface area contributed by atoms with Crippen molar-refractivity contribution in [3.8, 4) is 11.3 Å². The second-order valence-corrected chi connectivity index (χ2v) is 6.69. The van der Waals surface area contributed by atoms with Gasteiger partial charge in [-0.2, -0.15) is 0 Å². The van der Waals surface area contributed by atoms with E-state index in [0.717, 1.165) is 38.4 Å². The third kappa shape index (κ3) is 4.39. The minimum atomic E-state index is -0.176. The van der Waals surface area contributed by atoms with E-state index in [1.807, 2.05) is 19.1 Å². The minimum absolute atomic E-state index is 0.0120. The molecule has 1 fully saturated rings. The minimum Gasteiger partial charge on any atom is -0.379 e. The maximum Gasteiger partial charge on any atom is 0.257 e. The molecule has 7 heteroatoms. The van der Waals surface area contributed by atoms with Crippen molar-refractivity contribution in [2.24, 2.45) is 0 Å². The molecule has 0 saturated carbocycles. The fourth-order valence-electron chi connectivity index (χ4n) is 2.96. The number of benzene rings is 1. The first kappa shape index (κ1) is 17.9. The van der Waals surface area contributed by atoms with Crippen LogP contribution >= 0.6 is 11.6 Å². The van der Waals surface area contributed by atoms with E-state index < -0.39 is 0 Å². The number of amides is 1. The van der Waals surface area contributed by atoms with Crippen molar-refractivity contribution >= 4 is 17.5 Å². The molecular weight excluding hydrogens is 342 g/mol. The third-order valence-electron chi connectivity index (χ3n) is 4.22. The summed E-state index contributed by atoms with van der Waals surface area (Å²) >= 11 is 5.93. The second kappa shape index (κ2) is 7.99. The summed E-state index contributed by atoms with van der Waals surface area (Å²) in [7, 11) is 0. The molecule has 1 saturated heterocycles. The van der Waals surface area contributed by atoms with E-state index in [9.17, 15) is 4.79 Å². The number of nitrogens with zero attached hydrogens (tertiary/aromatic N) is 2. The van der Waals surface area contributed by atoms with E-state index in [2.05, 4.69) is 15.4 Å². The molecule has 2 heterocycles. The number of carbonyl (C=O) groups excluding carboxylic acids is 1. The van der Waals surface area contributed by atoms with Gasteiger partial charge in [0.1, 0.15) is 17.0 Å². The van der Waals surface area contributed by atoms with Gasteiger partial charge in [0.25, 0.3) is 5.91 Å². The van der Waals surface area contributed by atoms with E-state index >= 15 is 0 Å². The zero-order valence-corrected chi connectivity index (χ0v) is 15.2. The zero-order chi connectivity index (χ0) is 17.8. The lowest BCUT2D eigenvalue weighted by molar-refractivity contribution is 0.0342. The molecule has 0 spiro atoms. The van der Waals surface area contributed by atoms with Crippen LogP contribution in [0.3, 0.4) is 0 Å². The van der Waals surface area contributed by atoms with Crippen molar-refractivity contribution in [3.63, 3.8) is 0 Å². The van der Waals surface area contributed by atoms with E-state index in [1.54, 1.807) is 19.1 Å².